The minimum absolute atomic E-state index is 0. The normalized spacial score (nSPS) is 18.8. The van der Waals surface area contributed by atoms with Crippen LogP contribution in [0.4, 0.5) is 5.82 Å². The van der Waals surface area contributed by atoms with E-state index in [1.807, 2.05) is 11.8 Å². The van der Waals surface area contributed by atoms with Crippen molar-refractivity contribution in [1.29, 1.82) is 0 Å². The Labute approximate surface area is 187 Å². The number of amides is 1. The highest BCUT2D eigenvalue weighted by Gasteiger charge is 2.35. The summed E-state index contributed by atoms with van der Waals surface area (Å²) in [6.45, 7) is 10.1. The Morgan fingerprint density at radius 2 is 1.72 bits per heavy atom. The number of aryl methyl sites for hydroxylation is 1. The van der Waals surface area contributed by atoms with E-state index in [1.54, 1.807) is 0 Å². The molecular formula is C21H37Cl2N5O. The van der Waals surface area contributed by atoms with Gasteiger partial charge >= 0.3 is 0 Å². The van der Waals surface area contributed by atoms with Crippen molar-refractivity contribution in [2.45, 2.75) is 65.2 Å². The van der Waals surface area contributed by atoms with Gasteiger partial charge in [-0.2, -0.15) is 0 Å². The molecule has 6 nitrogen and oxygen atoms in total. The first-order valence-corrected chi connectivity index (χ1v) is 10.5. The lowest BCUT2D eigenvalue weighted by Crippen LogP contribution is -2.50. The molecule has 1 aliphatic heterocycles. The van der Waals surface area contributed by atoms with Crippen LogP contribution in [0, 0.1) is 12.3 Å². The van der Waals surface area contributed by atoms with Crippen LogP contribution in [-0.2, 0) is 4.79 Å². The molecule has 8 heteroatoms. The average Bonchev–Trinajstić information content (AvgIpc) is 2.68. The quantitative estimate of drug-likeness (QED) is 0.747. The Bertz CT molecular complexity index is 656. The minimum Gasteiger partial charge on any atom is -0.353 e. The van der Waals surface area contributed by atoms with Crippen molar-refractivity contribution in [2.24, 2.45) is 11.1 Å². The molecule has 3 rings (SSSR count). The van der Waals surface area contributed by atoms with Crippen molar-refractivity contribution in [3.05, 3.63) is 17.6 Å². The van der Waals surface area contributed by atoms with E-state index < -0.39 is 0 Å². The Hall–Kier alpha value is -1.11. The van der Waals surface area contributed by atoms with Gasteiger partial charge in [0, 0.05) is 50.3 Å². The third-order valence-corrected chi connectivity index (χ3v) is 6.20. The highest BCUT2D eigenvalue weighted by atomic mass is 35.5. The molecule has 1 aliphatic carbocycles. The topological polar surface area (TPSA) is 75.3 Å². The van der Waals surface area contributed by atoms with Crippen LogP contribution in [0.3, 0.4) is 0 Å². The van der Waals surface area contributed by atoms with E-state index in [1.165, 1.54) is 19.3 Å². The number of rotatable bonds is 5. The summed E-state index contributed by atoms with van der Waals surface area (Å²) in [5.74, 6) is 2.48. The summed E-state index contributed by atoms with van der Waals surface area (Å²) in [5, 5.41) is 0. The minimum atomic E-state index is 0. The van der Waals surface area contributed by atoms with Gasteiger partial charge in [-0.05, 0) is 31.7 Å². The molecule has 0 spiro atoms. The van der Waals surface area contributed by atoms with Crippen molar-refractivity contribution in [3.63, 3.8) is 0 Å². The van der Waals surface area contributed by atoms with Crippen molar-refractivity contribution in [3.8, 4) is 0 Å². The zero-order valence-electron chi connectivity index (χ0n) is 18.0. The molecule has 1 saturated carbocycles. The number of nitrogens with zero attached hydrogens (tertiary/aromatic N) is 4. The first-order valence-electron chi connectivity index (χ1n) is 10.5. The van der Waals surface area contributed by atoms with E-state index in [-0.39, 0.29) is 36.1 Å². The lowest BCUT2D eigenvalue weighted by Gasteiger charge is -2.40. The van der Waals surface area contributed by atoms with Crippen LogP contribution in [-0.4, -0.2) is 53.5 Å². The van der Waals surface area contributed by atoms with Crippen LogP contribution in [0.15, 0.2) is 6.07 Å². The zero-order valence-corrected chi connectivity index (χ0v) is 19.7. The van der Waals surface area contributed by atoms with Gasteiger partial charge in [0.15, 0.2) is 0 Å². The van der Waals surface area contributed by atoms with Crippen molar-refractivity contribution < 1.29 is 4.79 Å². The molecule has 2 N–H and O–H groups in total. The molecule has 1 amide bonds. The second-order valence-electron chi connectivity index (χ2n) is 8.69. The highest BCUT2D eigenvalue weighted by molar-refractivity contribution is 5.85. The van der Waals surface area contributed by atoms with Crippen LogP contribution in [0.2, 0.25) is 0 Å². The summed E-state index contributed by atoms with van der Waals surface area (Å²) in [5.41, 5.74) is 7.12. The lowest BCUT2D eigenvalue weighted by atomic mass is 9.71. The molecular weight excluding hydrogens is 409 g/mol. The zero-order chi connectivity index (χ0) is 19.4. The number of nitrogens with two attached hydrogens (primary N) is 1. The maximum Gasteiger partial charge on any atom is 0.223 e. The fourth-order valence-electron chi connectivity index (χ4n) is 4.37. The number of hydrogen-bond donors (Lipinski definition) is 1. The van der Waals surface area contributed by atoms with Crippen molar-refractivity contribution >= 4 is 36.5 Å². The summed E-state index contributed by atoms with van der Waals surface area (Å²) in [6, 6.07) is 2.05. The molecule has 0 unspecified atom stereocenters. The van der Waals surface area contributed by atoms with Crippen LogP contribution < -0.4 is 10.6 Å². The van der Waals surface area contributed by atoms with Crippen molar-refractivity contribution in [2.75, 3.05) is 37.6 Å². The molecule has 0 atom stereocenters. The Balaban J connectivity index is 0.00000210. The smallest absolute Gasteiger partial charge is 0.223 e. The Kier molecular flexibility index (Phi) is 10.1. The van der Waals surface area contributed by atoms with Gasteiger partial charge in [-0.1, -0.05) is 33.1 Å². The fraction of sp³-hybridized carbons (Fsp3) is 0.762. The van der Waals surface area contributed by atoms with E-state index in [9.17, 15) is 4.79 Å². The fourth-order valence-corrected chi connectivity index (χ4v) is 4.37. The summed E-state index contributed by atoms with van der Waals surface area (Å²) >= 11 is 0. The molecule has 0 aromatic carbocycles. The highest BCUT2D eigenvalue weighted by Crippen LogP contribution is 2.38. The van der Waals surface area contributed by atoms with Crippen LogP contribution >= 0.6 is 24.8 Å². The molecule has 0 radical (unpaired) electrons. The second kappa shape index (κ2) is 11.3. The van der Waals surface area contributed by atoms with E-state index in [0.29, 0.717) is 18.9 Å². The summed E-state index contributed by atoms with van der Waals surface area (Å²) in [6.07, 6.45) is 6.53. The monoisotopic (exact) mass is 445 g/mol. The number of hydrogen-bond acceptors (Lipinski definition) is 5. The maximum atomic E-state index is 12.9. The molecule has 1 saturated heterocycles. The maximum absolute atomic E-state index is 12.9. The van der Waals surface area contributed by atoms with Gasteiger partial charge in [0.25, 0.3) is 0 Å². The number of piperazine rings is 1. The second-order valence-corrected chi connectivity index (χ2v) is 8.69. The molecule has 2 fully saturated rings. The molecule has 1 aromatic heterocycles. The van der Waals surface area contributed by atoms with Gasteiger partial charge in [-0.3, -0.25) is 4.79 Å². The van der Waals surface area contributed by atoms with E-state index in [2.05, 4.69) is 29.8 Å². The van der Waals surface area contributed by atoms with Crippen LogP contribution in [0.25, 0.3) is 0 Å². The molecule has 29 heavy (non-hydrogen) atoms. The van der Waals surface area contributed by atoms with Gasteiger partial charge in [0.2, 0.25) is 5.91 Å². The first-order chi connectivity index (χ1) is 12.9. The Morgan fingerprint density at radius 1 is 1.10 bits per heavy atom. The summed E-state index contributed by atoms with van der Waals surface area (Å²) in [7, 11) is 0. The van der Waals surface area contributed by atoms with Crippen LogP contribution in [0.5, 0.6) is 0 Å². The first kappa shape index (κ1) is 25.9. The number of carbonyl (C=O) groups is 1. The van der Waals surface area contributed by atoms with Gasteiger partial charge in [0.05, 0.1) is 0 Å². The predicted molar refractivity (Wildman–Crippen MR) is 123 cm³/mol. The molecule has 0 bridgehead atoms. The van der Waals surface area contributed by atoms with Gasteiger partial charge in [0.1, 0.15) is 11.6 Å². The van der Waals surface area contributed by atoms with E-state index in [0.717, 1.165) is 56.4 Å². The summed E-state index contributed by atoms with van der Waals surface area (Å²) in [4.78, 5) is 26.5. The van der Waals surface area contributed by atoms with Crippen molar-refractivity contribution in [1.82, 2.24) is 14.9 Å². The van der Waals surface area contributed by atoms with Gasteiger partial charge < -0.3 is 15.5 Å². The van der Waals surface area contributed by atoms with Gasteiger partial charge in [-0.25, -0.2) is 9.97 Å². The van der Waals surface area contributed by atoms with Gasteiger partial charge in [-0.15, -0.1) is 24.8 Å². The molecule has 2 heterocycles. The molecule has 1 aromatic rings. The predicted octanol–water partition coefficient (Wildman–Crippen LogP) is 3.70. The standard InChI is InChI=1S/C21H35N5O.2ClH/c1-16(2)20-23-17(3)13-18(24-20)25-9-11-26(12-10-25)19(27)14-21(15-22)7-5-4-6-8-21;;/h13,16H,4-12,14-15,22H2,1-3H3;2*1H. The number of halogens is 2. The van der Waals surface area contributed by atoms with Crippen LogP contribution in [0.1, 0.15) is 69.8 Å². The Morgan fingerprint density at radius 3 is 2.28 bits per heavy atom. The largest absolute Gasteiger partial charge is 0.353 e. The molecule has 166 valence electrons. The molecule has 2 aliphatic rings. The SMILES string of the molecule is Cc1cc(N2CCN(C(=O)CC3(CN)CCCCC3)CC2)nc(C(C)C)n1.Cl.Cl. The van der Waals surface area contributed by atoms with E-state index >= 15 is 0 Å². The third kappa shape index (κ3) is 6.43. The number of carbonyl (C=O) groups excluding carboxylic acids is 1. The number of aromatic nitrogens is 2. The number of anilines is 1. The summed E-state index contributed by atoms with van der Waals surface area (Å²) < 4.78 is 0. The third-order valence-electron chi connectivity index (χ3n) is 6.20. The average molecular weight is 446 g/mol. The lowest BCUT2D eigenvalue weighted by molar-refractivity contribution is -0.134. The van der Waals surface area contributed by atoms with E-state index in [4.69, 9.17) is 10.7 Å².